The number of unbranched alkanes of at least 4 members (excludes halogenated alkanes) is 14. The Balaban J connectivity index is 4.19. The Kier molecular flexibility index (Phi) is 27.6. The predicted molar refractivity (Wildman–Crippen MR) is 164 cm³/mol. The van der Waals surface area contributed by atoms with Crippen LogP contribution in [-0.4, -0.2) is 62.3 Å². The Morgan fingerprint density at radius 2 is 1.23 bits per heavy atom. The van der Waals surface area contributed by atoms with Gasteiger partial charge in [-0.25, -0.2) is 0 Å². The number of aliphatic hydroxyl groups is 1. The first kappa shape index (κ1) is 38.3. The number of hydrogen-bond donors (Lipinski definition) is 4. The van der Waals surface area contributed by atoms with Crippen molar-refractivity contribution in [1.29, 1.82) is 0 Å². The highest BCUT2D eigenvalue weighted by molar-refractivity contribution is 5.87. The molecule has 0 spiro atoms. The zero-order valence-corrected chi connectivity index (χ0v) is 26.2. The van der Waals surface area contributed by atoms with E-state index in [0.717, 1.165) is 44.9 Å². The van der Waals surface area contributed by atoms with Crippen molar-refractivity contribution in [2.24, 2.45) is 5.92 Å². The van der Waals surface area contributed by atoms with Gasteiger partial charge < -0.3 is 25.8 Å². The van der Waals surface area contributed by atoms with Gasteiger partial charge in [-0.1, -0.05) is 90.4 Å². The first-order chi connectivity index (χ1) is 19.4. The molecule has 0 rings (SSSR count). The van der Waals surface area contributed by atoms with Gasteiger partial charge in [-0.3, -0.25) is 14.4 Å². The van der Waals surface area contributed by atoms with E-state index in [2.05, 4.69) is 22.9 Å². The molecule has 0 aliphatic rings. The number of carbonyl (C=O) groups is 3. The summed E-state index contributed by atoms with van der Waals surface area (Å²) in [5, 5.41) is 18.1. The first-order valence-corrected chi connectivity index (χ1v) is 16.4. The lowest BCUT2D eigenvalue weighted by Crippen LogP contribution is -2.47. The molecule has 0 aliphatic carbocycles. The summed E-state index contributed by atoms with van der Waals surface area (Å²) in [4.78, 5) is 36.5. The van der Waals surface area contributed by atoms with E-state index in [4.69, 9.17) is 4.74 Å². The fourth-order valence-corrected chi connectivity index (χ4v) is 4.93. The number of rotatable bonds is 29. The number of aliphatic hydroxyl groups excluding tert-OH is 1. The van der Waals surface area contributed by atoms with E-state index in [0.29, 0.717) is 32.5 Å². The summed E-state index contributed by atoms with van der Waals surface area (Å²) in [7, 11) is 1.63. The Labute approximate surface area is 245 Å². The maximum atomic E-state index is 12.8. The molecule has 0 aromatic carbocycles. The van der Waals surface area contributed by atoms with Crippen LogP contribution in [0.25, 0.3) is 0 Å². The number of nitrogens with one attached hydrogen (secondary N) is 3. The lowest BCUT2D eigenvalue weighted by Gasteiger charge is -2.19. The van der Waals surface area contributed by atoms with Crippen LogP contribution >= 0.6 is 0 Å². The number of hydrogen-bond acceptors (Lipinski definition) is 5. The molecule has 0 saturated carbocycles. The van der Waals surface area contributed by atoms with Gasteiger partial charge >= 0.3 is 0 Å². The van der Waals surface area contributed by atoms with Gasteiger partial charge in [-0.05, 0) is 38.5 Å². The van der Waals surface area contributed by atoms with Crippen molar-refractivity contribution in [2.75, 3.05) is 33.4 Å². The van der Waals surface area contributed by atoms with Gasteiger partial charge in [-0.2, -0.15) is 0 Å². The third-order valence-electron chi connectivity index (χ3n) is 7.45. The summed E-state index contributed by atoms with van der Waals surface area (Å²) in [5.41, 5.74) is 0. The van der Waals surface area contributed by atoms with E-state index in [9.17, 15) is 19.5 Å². The molecule has 2 atom stereocenters. The number of methoxy groups -OCH3 is 1. The third kappa shape index (κ3) is 25.3. The van der Waals surface area contributed by atoms with Gasteiger partial charge in [0.05, 0.1) is 6.61 Å². The first-order valence-electron chi connectivity index (χ1n) is 16.4. The number of carbonyl (C=O) groups excluding carboxylic acids is 3. The quantitative estimate of drug-likeness (QED) is 0.0850. The molecule has 0 aromatic heterocycles. The molecule has 0 saturated heterocycles. The molecular weight excluding hydrogens is 506 g/mol. The lowest BCUT2D eigenvalue weighted by atomic mass is 10.0. The third-order valence-corrected chi connectivity index (χ3v) is 7.45. The molecule has 0 radical (unpaired) electrons. The van der Waals surface area contributed by atoms with Crippen LogP contribution in [0.4, 0.5) is 0 Å². The molecule has 236 valence electrons. The topological polar surface area (TPSA) is 117 Å². The molecule has 0 aliphatic heterocycles. The van der Waals surface area contributed by atoms with Crippen molar-refractivity contribution in [3.05, 3.63) is 0 Å². The summed E-state index contributed by atoms with van der Waals surface area (Å²) in [6.07, 6.45) is 21.5. The van der Waals surface area contributed by atoms with Gasteiger partial charge in [0, 0.05) is 46.1 Å². The van der Waals surface area contributed by atoms with Crippen LogP contribution in [0.15, 0.2) is 0 Å². The molecular formula is C32H63N3O5. The lowest BCUT2D eigenvalue weighted by molar-refractivity contribution is -0.129. The average molecular weight is 570 g/mol. The van der Waals surface area contributed by atoms with E-state index in [1.165, 1.54) is 77.6 Å². The Morgan fingerprint density at radius 3 is 1.75 bits per heavy atom. The van der Waals surface area contributed by atoms with Crippen LogP contribution in [0.3, 0.4) is 0 Å². The molecule has 0 unspecified atom stereocenters. The number of ether oxygens (including phenoxy) is 1. The molecule has 8 nitrogen and oxygen atoms in total. The molecule has 40 heavy (non-hydrogen) atoms. The zero-order chi connectivity index (χ0) is 29.7. The van der Waals surface area contributed by atoms with E-state index < -0.39 is 6.04 Å². The van der Waals surface area contributed by atoms with Crippen LogP contribution in [0.1, 0.15) is 142 Å². The maximum absolute atomic E-state index is 12.8. The minimum atomic E-state index is -0.550. The highest BCUT2D eigenvalue weighted by Gasteiger charge is 2.20. The van der Waals surface area contributed by atoms with Crippen molar-refractivity contribution in [2.45, 2.75) is 148 Å². The zero-order valence-electron chi connectivity index (χ0n) is 26.2. The normalized spacial score (nSPS) is 12.6. The van der Waals surface area contributed by atoms with Crippen molar-refractivity contribution < 1.29 is 24.2 Å². The van der Waals surface area contributed by atoms with Gasteiger partial charge in [0.15, 0.2) is 0 Å². The second-order valence-electron chi connectivity index (χ2n) is 11.4. The van der Waals surface area contributed by atoms with Crippen LogP contribution < -0.4 is 16.0 Å². The molecule has 8 heteroatoms. The van der Waals surface area contributed by atoms with Crippen LogP contribution in [-0.2, 0) is 19.1 Å². The fourth-order valence-electron chi connectivity index (χ4n) is 4.93. The van der Waals surface area contributed by atoms with Crippen molar-refractivity contribution in [1.82, 2.24) is 16.0 Å². The van der Waals surface area contributed by atoms with E-state index >= 15 is 0 Å². The smallest absolute Gasteiger partial charge is 0.242 e. The van der Waals surface area contributed by atoms with E-state index in [-0.39, 0.29) is 30.2 Å². The second kappa shape index (κ2) is 28.8. The van der Waals surface area contributed by atoms with Crippen LogP contribution in [0.5, 0.6) is 0 Å². The SMILES string of the molecule is CCCCCCCCCCCCCCCC(=O)N[C@@H](CCCCNC(C)=O)C(=O)NCCCC[C@H](CO)COC. The van der Waals surface area contributed by atoms with Crippen LogP contribution in [0, 0.1) is 5.92 Å². The maximum Gasteiger partial charge on any atom is 0.242 e. The van der Waals surface area contributed by atoms with Gasteiger partial charge in [-0.15, -0.1) is 0 Å². The number of amides is 3. The molecule has 4 N–H and O–H groups in total. The van der Waals surface area contributed by atoms with Crippen molar-refractivity contribution in [3.8, 4) is 0 Å². The van der Waals surface area contributed by atoms with Gasteiger partial charge in [0.2, 0.25) is 17.7 Å². The summed E-state index contributed by atoms with van der Waals surface area (Å²) < 4.78 is 5.11. The predicted octanol–water partition coefficient (Wildman–Crippen LogP) is 5.80. The van der Waals surface area contributed by atoms with Crippen LogP contribution in [0.2, 0.25) is 0 Å². The molecule has 3 amide bonds. The van der Waals surface area contributed by atoms with E-state index in [1.54, 1.807) is 7.11 Å². The summed E-state index contributed by atoms with van der Waals surface area (Å²) in [6, 6.07) is -0.550. The monoisotopic (exact) mass is 569 g/mol. The summed E-state index contributed by atoms with van der Waals surface area (Å²) in [6.45, 7) is 5.50. The standard InChI is InChI=1S/C32H63N3O5/c1-4-5-6-7-8-9-10-11-12-13-14-15-16-23-31(38)35-30(22-18-20-24-33-28(2)37)32(39)34-25-19-17-21-29(26-36)27-40-3/h29-30,36H,4-27H2,1-3H3,(H,33,37)(H,34,39)(H,35,38)/t29-,30+/m1/s1. The molecule has 0 bridgehead atoms. The highest BCUT2D eigenvalue weighted by atomic mass is 16.5. The van der Waals surface area contributed by atoms with Crippen molar-refractivity contribution in [3.63, 3.8) is 0 Å². The Bertz CT molecular complexity index is 617. The minimum absolute atomic E-state index is 0.0598. The largest absolute Gasteiger partial charge is 0.396 e. The Morgan fingerprint density at radius 1 is 0.700 bits per heavy atom. The Hall–Kier alpha value is -1.67. The fraction of sp³-hybridized carbons (Fsp3) is 0.906. The molecule has 0 heterocycles. The molecule has 0 fully saturated rings. The summed E-state index contributed by atoms with van der Waals surface area (Å²) >= 11 is 0. The second-order valence-corrected chi connectivity index (χ2v) is 11.4. The summed E-state index contributed by atoms with van der Waals surface area (Å²) in [5.74, 6) is -0.139. The van der Waals surface area contributed by atoms with Gasteiger partial charge in [0.25, 0.3) is 0 Å². The minimum Gasteiger partial charge on any atom is -0.396 e. The highest BCUT2D eigenvalue weighted by Crippen LogP contribution is 2.13. The molecule has 0 aromatic rings. The van der Waals surface area contributed by atoms with Crippen molar-refractivity contribution >= 4 is 17.7 Å². The average Bonchev–Trinajstić information content (AvgIpc) is 2.93. The van der Waals surface area contributed by atoms with E-state index in [1.807, 2.05) is 0 Å². The van der Waals surface area contributed by atoms with Gasteiger partial charge in [0.1, 0.15) is 6.04 Å².